The highest BCUT2D eigenvalue weighted by Crippen LogP contribution is 2.29. The van der Waals surface area contributed by atoms with Crippen LogP contribution in [0, 0.1) is 5.92 Å². The van der Waals surface area contributed by atoms with E-state index in [9.17, 15) is 9.59 Å². The fraction of sp³-hybridized carbons (Fsp3) is 0.294. The van der Waals surface area contributed by atoms with Crippen LogP contribution in [0.25, 0.3) is 0 Å². The normalized spacial score (nSPS) is 11.8. The first-order valence-corrected chi connectivity index (χ1v) is 8.24. The van der Waals surface area contributed by atoms with E-state index in [4.69, 9.17) is 27.6 Å². The smallest absolute Gasteiger partial charge is 0.224 e. The van der Waals surface area contributed by atoms with Gasteiger partial charge in [0, 0.05) is 12.8 Å². The summed E-state index contributed by atoms with van der Waals surface area (Å²) in [6.07, 6.45) is 2.00. The second kappa shape index (κ2) is 8.76. The molecule has 1 atom stereocenters. The number of hydrogen-bond acceptors (Lipinski definition) is 3. The van der Waals surface area contributed by atoms with Gasteiger partial charge in [-0.05, 0) is 30.2 Å². The average Bonchev–Trinajstić information content (AvgIpc) is 3.03. The molecule has 0 fully saturated rings. The van der Waals surface area contributed by atoms with Gasteiger partial charge in [0.1, 0.15) is 5.76 Å². The Labute approximate surface area is 150 Å². The van der Waals surface area contributed by atoms with Crippen molar-refractivity contribution in [1.82, 2.24) is 5.32 Å². The Hall–Kier alpha value is -1.98. The van der Waals surface area contributed by atoms with Gasteiger partial charge in [0.15, 0.2) is 0 Å². The zero-order valence-electron chi connectivity index (χ0n) is 13.1. The van der Waals surface area contributed by atoms with Crippen LogP contribution >= 0.6 is 23.2 Å². The SMILES string of the molecule is C[C@H](CC(=O)NCc1ccco1)CC(=O)Nc1cccc(Cl)c1Cl. The van der Waals surface area contributed by atoms with E-state index < -0.39 is 0 Å². The Kier molecular flexibility index (Phi) is 6.70. The molecule has 2 N–H and O–H groups in total. The minimum Gasteiger partial charge on any atom is -0.467 e. The first-order chi connectivity index (χ1) is 11.5. The van der Waals surface area contributed by atoms with Crippen LogP contribution in [0.2, 0.25) is 10.0 Å². The van der Waals surface area contributed by atoms with Gasteiger partial charge in [-0.3, -0.25) is 9.59 Å². The van der Waals surface area contributed by atoms with Crippen LogP contribution in [0.4, 0.5) is 5.69 Å². The molecule has 0 aliphatic rings. The van der Waals surface area contributed by atoms with E-state index in [0.29, 0.717) is 28.0 Å². The maximum Gasteiger partial charge on any atom is 0.224 e. The molecule has 128 valence electrons. The predicted octanol–water partition coefficient (Wildman–Crippen LogP) is 4.26. The molecule has 1 aromatic carbocycles. The first kappa shape index (κ1) is 18.4. The third-order valence-electron chi connectivity index (χ3n) is 3.33. The van der Waals surface area contributed by atoms with E-state index in [1.54, 1.807) is 36.6 Å². The topological polar surface area (TPSA) is 71.3 Å². The van der Waals surface area contributed by atoms with Crippen molar-refractivity contribution >= 4 is 40.7 Å². The maximum atomic E-state index is 12.1. The summed E-state index contributed by atoms with van der Waals surface area (Å²) in [5.74, 6) is 0.224. The maximum absolute atomic E-state index is 12.1. The van der Waals surface area contributed by atoms with E-state index in [1.807, 2.05) is 6.92 Å². The lowest BCUT2D eigenvalue weighted by Crippen LogP contribution is -2.26. The van der Waals surface area contributed by atoms with Gasteiger partial charge in [0.2, 0.25) is 11.8 Å². The lowest BCUT2D eigenvalue weighted by atomic mass is 10.0. The number of anilines is 1. The Morgan fingerprint density at radius 3 is 2.58 bits per heavy atom. The molecule has 5 nitrogen and oxygen atoms in total. The molecule has 0 saturated carbocycles. The van der Waals surface area contributed by atoms with Crippen molar-refractivity contribution in [2.24, 2.45) is 5.92 Å². The largest absolute Gasteiger partial charge is 0.467 e. The van der Waals surface area contributed by atoms with Crippen LogP contribution in [0.1, 0.15) is 25.5 Å². The molecule has 0 aliphatic carbocycles. The molecule has 0 spiro atoms. The highest BCUT2D eigenvalue weighted by atomic mass is 35.5. The van der Waals surface area contributed by atoms with Gasteiger partial charge in [-0.25, -0.2) is 0 Å². The second-order valence-corrected chi connectivity index (χ2v) is 6.30. The van der Waals surface area contributed by atoms with Crippen molar-refractivity contribution in [2.45, 2.75) is 26.3 Å². The van der Waals surface area contributed by atoms with Crippen molar-refractivity contribution < 1.29 is 14.0 Å². The van der Waals surface area contributed by atoms with E-state index >= 15 is 0 Å². The lowest BCUT2D eigenvalue weighted by Gasteiger charge is -2.12. The number of hydrogen-bond donors (Lipinski definition) is 2. The summed E-state index contributed by atoms with van der Waals surface area (Å²) in [5, 5.41) is 6.14. The molecule has 2 rings (SSSR count). The number of halogens is 2. The van der Waals surface area contributed by atoms with Gasteiger partial charge in [-0.1, -0.05) is 36.2 Å². The van der Waals surface area contributed by atoms with Gasteiger partial charge in [0.05, 0.1) is 28.5 Å². The van der Waals surface area contributed by atoms with Crippen molar-refractivity contribution in [3.63, 3.8) is 0 Å². The fourth-order valence-electron chi connectivity index (χ4n) is 2.18. The Bertz CT molecular complexity index is 702. The predicted molar refractivity (Wildman–Crippen MR) is 94.0 cm³/mol. The van der Waals surface area contributed by atoms with Crippen LogP contribution in [0.5, 0.6) is 0 Å². The number of amides is 2. The van der Waals surface area contributed by atoms with Crippen LogP contribution in [0.15, 0.2) is 41.0 Å². The van der Waals surface area contributed by atoms with Crippen molar-refractivity contribution in [3.8, 4) is 0 Å². The molecule has 1 aromatic heterocycles. The summed E-state index contributed by atoms with van der Waals surface area (Å²) in [6.45, 7) is 2.18. The third kappa shape index (κ3) is 5.58. The molecular formula is C17H18Cl2N2O3. The molecule has 0 saturated heterocycles. The summed E-state index contributed by atoms with van der Waals surface area (Å²) >= 11 is 11.9. The molecule has 2 amide bonds. The monoisotopic (exact) mass is 368 g/mol. The minimum absolute atomic E-state index is 0.112. The number of rotatable bonds is 7. The Morgan fingerprint density at radius 2 is 1.88 bits per heavy atom. The highest BCUT2D eigenvalue weighted by molar-refractivity contribution is 6.43. The average molecular weight is 369 g/mol. The number of carbonyl (C=O) groups excluding carboxylic acids is 2. The Balaban J connectivity index is 1.76. The standard InChI is InChI=1S/C17H18Cl2N2O3/c1-11(8-15(22)20-10-12-4-3-7-24-12)9-16(23)21-14-6-2-5-13(18)17(14)19/h2-7,11H,8-10H2,1H3,(H,20,22)(H,21,23)/t11-/m1/s1. The Morgan fingerprint density at radius 1 is 1.12 bits per heavy atom. The van der Waals surface area contributed by atoms with Crippen LogP contribution < -0.4 is 10.6 Å². The molecule has 1 heterocycles. The zero-order chi connectivity index (χ0) is 17.5. The molecule has 2 aromatic rings. The number of benzene rings is 1. The van der Waals surface area contributed by atoms with E-state index in [0.717, 1.165) is 0 Å². The minimum atomic E-state index is -0.217. The zero-order valence-corrected chi connectivity index (χ0v) is 14.7. The van der Waals surface area contributed by atoms with Crippen LogP contribution in [-0.2, 0) is 16.1 Å². The number of nitrogens with one attached hydrogen (secondary N) is 2. The van der Waals surface area contributed by atoms with Crippen molar-refractivity contribution in [3.05, 3.63) is 52.4 Å². The lowest BCUT2D eigenvalue weighted by molar-refractivity contribution is -0.122. The quantitative estimate of drug-likeness (QED) is 0.766. The van der Waals surface area contributed by atoms with E-state index in [-0.39, 0.29) is 30.6 Å². The summed E-state index contributed by atoms with van der Waals surface area (Å²) in [4.78, 5) is 23.9. The molecule has 0 unspecified atom stereocenters. The molecular weight excluding hydrogens is 351 g/mol. The fourth-order valence-corrected chi connectivity index (χ4v) is 2.53. The van der Waals surface area contributed by atoms with Gasteiger partial charge in [0.25, 0.3) is 0 Å². The van der Waals surface area contributed by atoms with Crippen LogP contribution in [-0.4, -0.2) is 11.8 Å². The van der Waals surface area contributed by atoms with Crippen molar-refractivity contribution in [1.29, 1.82) is 0 Å². The number of carbonyl (C=O) groups is 2. The molecule has 0 bridgehead atoms. The molecule has 24 heavy (non-hydrogen) atoms. The van der Waals surface area contributed by atoms with Gasteiger partial charge in [-0.2, -0.15) is 0 Å². The summed E-state index contributed by atoms with van der Waals surface area (Å²) in [7, 11) is 0. The summed E-state index contributed by atoms with van der Waals surface area (Å²) < 4.78 is 5.14. The number of furan rings is 1. The molecule has 7 heteroatoms. The first-order valence-electron chi connectivity index (χ1n) is 7.48. The molecule has 0 aliphatic heterocycles. The summed E-state index contributed by atoms with van der Waals surface area (Å²) in [5.41, 5.74) is 0.462. The van der Waals surface area contributed by atoms with E-state index in [1.165, 1.54) is 0 Å². The van der Waals surface area contributed by atoms with Crippen molar-refractivity contribution in [2.75, 3.05) is 5.32 Å². The van der Waals surface area contributed by atoms with Crippen LogP contribution in [0.3, 0.4) is 0 Å². The summed E-state index contributed by atoms with van der Waals surface area (Å²) in [6, 6.07) is 8.56. The molecule has 0 radical (unpaired) electrons. The van der Waals surface area contributed by atoms with Gasteiger partial charge in [-0.15, -0.1) is 0 Å². The second-order valence-electron chi connectivity index (χ2n) is 5.52. The third-order valence-corrected chi connectivity index (χ3v) is 4.15. The van der Waals surface area contributed by atoms with E-state index in [2.05, 4.69) is 10.6 Å². The highest BCUT2D eigenvalue weighted by Gasteiger charge is 2.15. The van der Waals surface area contributed by atoms with Gasteiger partial charge < -0.3 is 15.1 Å². The van der Waals surface area contributed by atoms with Gasteiger partial charge >= 0.3 is 0 Å².